The fourth-order valence-electron chi connectivity index (χ4n) is 4.46. The number of aromatic nitrogens is 1. The van der Waals surface area contributed by atoms with Gasteiger partial charge in [-0.3, -0.25) is 19.3 Å². The zero-order valence-corrected chi connectivity index (χ0v) is 20.0. The summed E-state index contributed by atoms with van der Waals surface area (Å²) in [5.74, 6) is -0.276. The molecule has 0 radical (unpaired) electrons. The number of rotatable bonds is 3. The molecule has 35 heavy (non-hydrogen) atoms. The quantitative estimate of drug-likeness (QED) is 0.552. The summed E-state index contributed by atoms with van der Waals surface area (Å²) in [6.07, 6.45) is 3.91. The number of halogens is 1. The van der Waals surface area contributed by atoms with Crippen LogP contribution in [0.5, 0.6) is 11.5 Å². The molecule has 1 amide bonds. The monoisotopic (exact) mass is 495 g/mol. The summed E-state index contributed by atoms with van der Waals surface area (Å²) < 4.78 is 22.8. The van der Waals surface area contributed by atoms with Crippen molar-refractivity contribution in [2.45, 2.75) is 36.5 Å². The zero-order valence-electron chi connectivity index (χ0n) is 19.2. The number of amides is 1. The molecule has 1 aromatic heterocycles. The molecule has 2 aliphatic rings. The van der Waals surface area contributed by atoms with Crippen LogP contribution in [-0.4, -0.2) is 40.4 Å². The Morgan fingerprint density at radius 1 is 1.03 bits per heavy atom. The fourth-order valence-corrected chi connectivity index (χ4v) is 5.43. The lowest BCUT2D eigenvalue weighted by Crippen LogP contribution is -2.54. The fraction of sp³-hybridized carbons (Fsp3) is 0.308. The molecule has 2 aliphatic heterocycles. The minimum atomic E-state index is -0.609. The second-order valence-corrected chi connectivity index (χ2v) is 9.66. The number of fused-ring (bicyclic) bond motifs is 5. The molecule has 0 aliphatic carbocycles. The van der Waals surface area contributed by atoms with E-state index in [0.717, 1.165) is 24.2 Å². The Morgan fingerprint density at radius 2 is 1.86 bits per heavy atom. The molecule has 3 heterocycles. The average Bonchev–Trinajstić information content (AvgIpc) is 2.86. The third kappa shape index (κ3) is 4.73. The summed E-state index contributed by atoms with van der Waals surface area (Å²) in [6, 6.07) is 14.1. The van der Waals surface area contributed by atoms with Gasteiger partial charge in [-0.2, -0.15) is 0 Å². The van der Waals surface area contributed by atoms with E-state index in [0.29, 0.717) is 35.8 Å². The molecule has 2 aromatic carbocycles. The van der Waals surface area contributed by atoms with Crippen LogP contribution in [0.3, 0.4) is 0 Å². The number of carbonyl (C=O) groups excluding carboxylic acids is 1. The third-order valence-corrected chi connectivity index (χ3v) is 7.35. The Kier molecular flexibility index (Phi) is 6.68. The maximum atomic E-state index is 15.2. The number of pyridine rings is 1. The minimum absolute atomic E-state index is 0.0695. The minimum Gasteiger partial charge on any atom is -0.502 e. The van der Waals surface area contributed by atoms with Gasteiger partial charge in [0.25, 0.3) is 5.91 Å². The Labute approximate surface area is 206 Å². The van der Waals surface area contributed by atoms with Crippen molar-refractivity contribution < 1.29 is 19.0 Å². The van der Waals surface area contributed by atoms with Crippen LogP contribution < -0.4 is 15.2 Å². The maximum absolute atomic E-state index is 15.2. The van der Waals surface area contributed by atoms with E-state index >= 15 is 4.39 Å². The molecule has 0 atom stereocenters. The summed E-state index contributed by atoms with van der Waals surface area (Å²) in [7, 11) is 0. The molecule has 7 nitrogen and oxygen atoms in total. The van der Waals surface area contributed by atoms with E-state index in [1.165, 1.54) is 34.8 Å². The SMILES string of the molecule is O=C1c2c(O)c(=O)ccn2N2Cc3c(ccc(F)c3CSc3ccccc3)OCCCCCN1C2. The molecule has 2 bridgehead atoms. The maximum Gasteiger partial charge on any atom is 0.277 e. The second kappa shape index (κ2) is 10.0. The summed E-state index contributed by atoms with van der Waals surface area (Å²) in [4.78, 5) is 27.9. The lowest BCUT2D eigenvalue weighted by atomic mass is 10.1. The Morgan fingerprint density at radius 3 is 2.69 bits per heavy atom. The standard InChI is InChI=1S/C26H26FN3O4S/c27-21-9-10-23-19(20(21)16-35-18-7-3-1-4-8-18)15-29-17-28(12-5-2-6-14-34-23)26(33)24-25(32)22(31)11-13-30(24)29/h1,3-4,7-11,13,32H,2,5-6,12,14-17H2. The van der Waals surface area contributed by atoms with Crippen molar-refractivity contribution >= 4 is 17.7 Å². The van der Waals surface area contributed by atoms with E-state index in [-0.39, 0.29) is 30.6 Å². The lowest BCUT2D eigenvalue weighted by molar-refractivity contribution is 0.0680. The molecule has 0 saturated carbocycles. The molecule has 1 N–H and O–H groups in total. The topological polar surface area (TPSA) is 75.0 Å². The highest BCUT2D eigenvalue weighted by atomic mass is 32.2. The first-order chi connectivity index (χ1) is 17.0. The van der Waals surface area contributed by atoms with Gasteiger partial charge in [0.2, 0.25) is 5.43 Å². The zero-order chi connectivity index (χ0) is 24.4. The number of nitrogens with zero attached hydrogens (tertiary/aromatic N) is 3. The van der Waals surface area contributed by atoms with Crippen LogP contribution in [0, 0.1) is 5.82 Å². The van der Waals surface area contributed by atoms with Gasteiger partial charge >= 0.3 is 0 Å². The summed E-state index contributed by atoms with van der Waals surface area (Å²) >= 11 is 1.54. The molecule has 0 spiro atoms. The molecular formula is C26H26FN3O4S. The highest BCUT2D eigenvalue weighted by molar-refractivity contribution is 7.98. The van der Waals surface area contributed by atoms with Crippen molar-refractivity contribution in [1.82, 2.24) is 9.58 Å². The first-order valence-corrected chi connectivity index (χ1v) is 12.6. The summed E-state index contributed by atoms with van der Waals surface area (Å²) in [5, 5.41) is 12.3. The molecule has 0 saturated heterocycles. The number of hydrogen-bond acceptors (Lipinski definition) is 6. The van der Waals surface area contributed by atoms with Gasteiger partial charge in [0.1, 0.15) is 18.2 Å². The Hall–Kier alpha value is -3.46. The first-order valence-electron chi connectivity index (χ1n) is 11.6. The smallest absolute Gasteiger partial charge is 0.277 e. The van der Waals surface area contributed by atoms with E-state index in [1.807, 2.05) is 35.3 Å². The van der Waals surface area contributed by atoms with Gasteiger partial charge < -0.3 is 14.7 Å². The van der Waals surface area contributed by atoms with E-state index in [1.54, 1.807) is 11.0 Å². The van der Waals surface area contributed by atoms with Gasteiger partial charge in [-0.05, 0) is 43.5 Å². The second-order valence-electron chi connectivity index (χ2n) is 8.61. The summed E-state index contributed by atoms with van der Waals surface area (Å²) in [5.41, 5.74) is 0.540. The number of benzene rings is 2. The van der Waals surface area contributed by atoms with Crippen molar-refractivity contribution in [3.8, 4) is 11.5 Å². The van der Waals surface area contributed by atoms with Crippen LogP contribution >= 0.6 is 11.8 Å². The normalized spacial score (nSPS) is 16.0. The number of carbonyl (C=O) groups is 1. The highest BCUT2D eigenvalue weighted by Crippen LogP contribution is 2.33. The summed E-state index contributed by atoms with van der Waals surface area (Å²) in [6.45, 7) is 1.47. The van der Waals surface area contributed by atoms with Crippen molar-refractivity contribution in [1.29, 1.82) is 0 Å². The van der Waals surface area contributed by atoms with E-state index in [9.17, 15) is 14.7 Å². The van der Waals surface area contributed by atoms with Crippen molar-refractivity contribution in [2.75, 3.05) is 24.8 Å². The van der Waals surface area contributed by atoms with Crippen LogP contribution in [-0.2, 0) is 12.3 Å². The van der Waals surface area contributed by atoms with Crippen LogP contribution in [0.1, 0.15) is 40.9 Å². The van der Waals surface area contributed by atoms with Crippen LogP contribution in [0.25, 0.3) is 0 Å². The van der Waals surface area contributed by atoms with Crippen molar-refractivity contribution in [2.24, 2.45) is 0 Å². The molecule has 182 valence electrons. The highest BCUT2D eigenvalue weighted by Gasteiger charge is 2.33. The van der Waals surface area contributed by atoms with Gasteiger partial charge in [-0.25, -0.2) is 4.39 Å². The molecular weight excluding hydrogens is 469 g/mol. The Balaban J connectivity index is 1.58. The van der Waals surface area contributed by atoms with E-state index in [4.69, 9.17) is 4.74 Å². The number of hydrogen-bond donors (Lipinski definition) is 1. The third-order valence-electron chi connectivity index (χ3n) is 6.31. The number of ether oxygens (including phenoxy) is 1. The number of thioether (sulfide) groups is 1. The van der Waals surface area contributed by atoms with Gasteiger partial charge in [0.15, 0.2) is 11.4 Å². The number of aromatic hydroxyl groups is 1. The first kappa shape index (κ1) is 23.3. The van der Waals surface area contributed by atoms with Gasteiger partial charge in [0, 0.05) is 40.6 Å². The van der Waals surface area contributed by atoms with Gasteiger partial charge in [0.05, 0.1) is 13.2 Å². The van der Waals surface area contributed by atoms with Crippen molar-refractivity contribution in [3.05, 3.63) is 87.6 Å². The van der Waals surface area contributed by atoms with E-state index < -0.39 is 11.2 Å². The molecule has 5 rings (SSSR count). The van der Waals surface area contributed by atoms with Crippen molar-refractivity contribution in [3.63, 3.8) is 0 Å². The molecule has 0 fully saturated rings. The molecule has 0 unspecified atom stereocenters. The van der Waals surface area contributed by atoms with Gasteiger partial charge in [-0.15, -0.1) is 11.8 Å². The van der Waals surface area contributed by atoms with E-state index in [2.05, 4.69) is 0 Å². The lowest BCUT2D eigenvalue weighted by Gasteiger charge is -2.40. The predicted octanol–water partition coefficient (Wildman–Crippen LogP) is 4.10. The van der Waals surface area contributed by atoms with Crippen LogP contribution in [0.2, 0.25) is 0 Å². The molecule has 3 aromatic rings. The van der Waals surface area contributed by atoms with Crippen LogP contribution in [0.15, 0.2) is 64.4 Å². The van der Waals surface area contributed by atoms with Gasteiger partial charge in [-0.1, -0.05) is 18.2 Å². The van der Waals surface area contributed by atoms with Crippen LogP contribution in [0.4, 0.5) is 4.39 Å². The predicted molar refractivity (Wildman–Crippen MR) is 132 cm³/mol. The largest absolute Gasteiger partial charge is 0.502 e. The average molecular weight is 496 g/mol. The molecule has 9 heteroatoms. The Bertz CT molecular complexity index is 1300.